The first-order valence-electron chi connectivity index (χ1n) is 9.50. The van der Waals surface area contributed by atoms with Crippen LogP contribution in [0.25, 0.3) is 5.57 Å². The molecule has 0 saturated carbocycles. The highest BCUT2D eigenvalue weighted by Crippen LogP contribution is 2.44. The average Bonchev–Trinajstić information content (AvgIpc) is 2.96. The summed E-state index contributed by atoms with van der Waals surface area (Å²) in [5, 5.41) is 3.34. The van der Waals surface area contributed by atoms with E-state index in [4.69, 9.17) is 0 Å². The summed E-state index contributed by atoms with van der Waals surface area (Å²) in [4.78, 5) is 16.6. The molecule has 0 aromatic heterocycles. The fourth-order valence-electron chi connectivity index (χ4n) is 3.95. The molecule has 0 spiro atoms. The monoisotopic (exact) mass is 365 g/mol. The van der Waals surface area contributed by atoms with Gasteiger partial charge in [-0.1, -0.05) is 31.7 Å². The van der Waals surface area contributed by atoms with Crippen LogP contribution in [-0.4, -0.2) is 36.5 Å². The number of likely N-dealkylation sites (tertiary alicyclic amines) is 1. The van der Waals surface area contributed by atoms with Crippen molar-refractivity contribution in [2.24, 2.45) is 0 Å². The summed E-state index contributed by atoms with van der Waals surface area (Å²) in [6, 6.07) is 13.1. The summed E-state index contributed by atoms with van der Waals surface area (Å²) >= 11 is 0. The molecule has 140 valence electrons. The Bertz CT molecular complexity index is 873. The molecule has 2 aromatic carbocycles. The normalized spacial score (nSPS) is 18.1. The van der Waals surface area contributed by atoms with E-state index in [1.54, 1.807) is 6.07 Å². The second-order valence-corrected chi connectivity index (χ2v) is 7.13. The van der Waals surface area contributed by atoms with Crippen molar-refractivity contribution in [2.75, 3.05) is 29.9 Å². The molecule has 2 heterocycles. The number of fused-ring (bicyclic) bond motifs is 1. The van der Waals surface area contributed by atoms with Crippen molar-refractivity contribution < 1.29 is 9.18 Å². The fourth-order valence-corrected chi connectivity index (χ4v) is 3.95. The second kappa shape index (κ2) is 7.16. The van der Waals surface area contributed by atoms with Gasteiger partial charge in [0, 0.05) is 36.0 Å². The maximum atomic E-state index is 15.3. The Hall–Kier alpha value is -2.66. The van der Waals surface area contributed by atoms with Crippen molar-refractivity contribution in [3.05, 3.63) is 60.4 Å². The van der Waals surface area contributed by atoms with E-state index in [1.165, 1.54) is 4.90 Å². The molecule has 0 radical (unpaired) electrons. The number of piperidine rings is 1. The van der Waals surface area contributed by atoms with Crippen LogP contribution in [0.4, 0.5) is 21.5 Å². The predicted molar refractivity (Wildman–Crippen MR) is 108 cm³/mol. The van der Waals surface area contributed by atoms with Crippen LogP contribution >= 0.6 is 0 Å². The number of halogens is 1. The van der Waals surface area contributed by atoms with Gasteiger partial charge in [0.25, 0.3) is 5.91 Å². The zero-order valence-electron chi connectivity index (χ0n) is 15.5. The smallest absolute Gasteiger partial charge is 0.263 e. The minimum Gasteiger partial charge on any atom is -0.380 e. The number of benzene rings is 2. The van der Waals surface area contributed by atoms with Crippen LogP contribution < -0.4 is 10.2 Å². The van der Waals surface area contributed by atoms with Gasteiger partial charge in [0.15, 0.2) is 5.82 Å². The Morgan fingerprint density at radius 2 is 1.85 bits per heavy atom. The first-order valence-corrected chi connectivity index (χ1v) is 9.50. The van der Waals surface area contributed by atoms with Gasteiger partial charge in [0.2, 0.25) is 0 Å². The van der Waals surface area contributed by atoms with Crippen molar-refractivity contribution in [2.45, 2.75) is 25.8 Å². The van der Waals surface area contributed by atoms with Crippen LogP contribution in [0.1, 0.15) is 25.3 Å². The highest BCUT2D eigenvalue weighted by molar-refractivity contribution is 6.34. The van der Waals surface area contributed by atoms with Crippen molar-refractivity contribution >= 4 is 28.5 Å². The number of amides is 1. The molecular weight excluding hydrogens is 341 g/mol. The number of carbonyl (C=O) groups is 1. The maximum Gasteiger partial charge on any atom is 0.263 e. The van der Waals surface area contributed by atoms with Crippen LogP contribution in [-0.2, 0) is 4.79 Å². The Kier molecular flexibility index (Phi) is 4.70. The summed E-state index contributed by atoms with van der Waals surface area (Å²) in [6.45, 7) is 9.11. The molecule has 0 aliphatic carbocycles. The number of nitrogens with zero attached hydrogens (tertiary/aromatic N) is 2. The highest BCUT2D eigenvalue weighted by Gasteiger charge is 2.35. The minimum absolute atomic E-state index is 0.204. The first-order chi connectivity index (χ1) is 13.1. The van der Waals surface area contributed by atoms with Gasteiger partial charge in [-0.3, -0.25) is 9.69 Å². The molecule has 2 aliphatic heterocycles. The lowest BCUT2D eigenvalue weighted by molar-refractivity contribution is -0.112. The molecule has 0 bridgehead atoms. The predicted octanol–water partition coefficient (Wildman–Crippen LogP) is 4.41. The van der Waals surface area contributed by atoms with Crippen LogP contribution in [0.3, 0.4) is 0 Å². The zero-order valence-corrected chi connectivity index (χ0v) is 15.5. The first kappa shape index (κ1) is 17.7. The Balaban J connectivity index is 1.62. The zero-order chi connectivity index (χ0) is 19.0. The molecule has 2 aliphatic rings. The van der Waals surface area contributed by atoms with Gasteiger partial charge in [-0.15, -0.1) is 0 Å². The van der Waals surface area contributed by atoms with Crippen LogP contribution in [0.5, 0.6) is 0 Å². The lowest BCUT2D eigenvalue weighted by Gasteiger charge is -2.32. The Morgan fingerprint density at radius 1 is 1.15 bits per heavy atom. The van der Waals surface area contributed by atoms with E-state index >= 15 is 4.39 Å². The van der Waals surface area contributed by atoms with Gasteiger partial charge in [-0.2, -0.15) is 0 Å². The lowest BCUT2D eigenvalue weighted by atomic mass is 10.0. The molecule has 1 N–H and O–H groups in total. The number of rotatable bonds is 4. The van der Waals surface area contributed by atoms with Crippen LogP contribution in [0, 0.1) is 5.82 Å². The molecule has 5 heteroatoms. The number of hydrogen-bond donors (Lipinski definition) is 1. The van der Waals surface area contributed by atoms with Crippen molar-refractivity contribution in [3.8, 4) is 0 Å². The summed E-state index contributed by atoms with van der Waals surface area (Å²) in [5.74, 6) is -0.661. The SMILES string of the molecule is C=C1C(=O)N(c2ccccc2)c2ccc(NC3CCN(CC)CC3)c(F)c21. The lowest BCUT2D eigenvalue weighted by Crippen LogP contribution is -2.39. The van der Waals surface area contributed by atoms with E-state index < -0.39 is 0 Å². The standard InChI is InChI=1S/C22H24FN3O/c1-3-25-13-11-16(12-14-25)24-18-9-10-19-20(21(18)23)15(2)22(27)26(19)17-7-5-4-6-8-17/h4-10,16,24H,2-3,11-14H2,1H3. The fraction of sp³-hybridized carbons (Fsp3) is 0.318. The molecule has 2 aromatic rings. The summed E-state index contributed by atoms with van der Waals surface area (Å²) in [5.41, 5.74) is 2.23. The summed E-state index contributed by atoms with van der Waals surface area (Å²) in [7, 11) is 0. The minimum atomic E-state index is -0.387. The van der Waals surface area contributed by atoms with Crippen molar-refractivity contribution in [1.82, 2.24) is 4.90 Å². The van der Waals surface area contributed by atoms with Crippen LogP contribution in [0.15, 0.2) is 49.0 Å². The van der Waals surface area contributed by atoms with E-state index in [-0.39, 0.29) is 23.3 Å². The van der Waals surface area contributed by atoms with E-state index in [2.05, 4.69) is 23.7 Å². The van der Waals surface area contributed by atoms with Gasteiger partial charge in [0.05, 0.1) is 11.4 Å². The van der Waals surface area contributed by atoms with Gasteiger partial charge >= 0.3 is 0 Å². The Morgan fingerprint density at radius 3 is 2.52 bits per heavy atom. The van der Waals surface area contributed by atoms with Gasteiger partial charge in [-0.25, -0.2) is 4.39 Å². The topological polar surface area (TPSA) is 35.6 Å². The molecule has 1 fully saturated rings. The van der Waals surface area contributed by atoms with E-state index in [0.717, 1.165) is 38.2 Å². The van der Waals surface area contributed by atoms with Gasteiger partial charge < -0.3 is 10.2 Å². The van der Waals surface area contributed by atoms with Crippen LogP contribution in [0.2, 0.25) is 0 Å². The second-order valence-electron chi connectivity index (χ2n) is 7.13. The highest BCUT2D eigenvalue weighted by atomic mass is 19.1. The van der Waals surface area contributed by atoms with E-state index in [1.807, 2.05) is 36.4 Å². The molecule has 4 rings (SSSR count). The number of hydrogen-bond acceptors (Lipinski definition) is 3. The number of anilines is 3. The molecule has 1 saturated heterocycles. The molecule has 1 amide bonds. The maximum absolute atomic E-state index is 15.3. The van der Waals surface area contributed by atoms with Crippen molar-refractivity contribution in [1.29, 1.82) is 0 Å². The molecule has 4 nitrogen and oxygen atoms in total. The molecule has 27 heavy (non-hydrogen) atoms. The van der Waals surface area contributed by atoms with E-state index in [9.17, 15) is 4.79 Å². The Labute approximate surface area is 159 Å². The van der Waals surface area contributed by atoms with Crippen molar-refractivity contribution in [3.63, 3.8) is 0 Å². The molecule has 0 atom stereocenters. The average molecular weight is 365 g/mol. The molecule has 0 unspecified atom stereocenters. The summed E-state index contributed by atoms with van der Waals surface area (Å²) < 4.78 is 15.3. The summed E-state index contributed by atoms with van der Waals surface area (Å²) in [6.07, 6.45) is 1.97. The number of nitrogens with one attached hydrogen (secondary N) is 1. The number of para-hydroxylation sites is 1. The molecular formula is C22H24FN3O. The third-order valence-corrected chi connectivity index (χ3v) is 5.53. The number of carbonyl (C=O) groups excluding carboxylic acids is 1. The van der Waals surface area contributed by atoms with Gasteiger partial charge in [0.1, 0.15) is 0 Å². The third kappa shape index (κ3) is 3.12. The largest absolute Gasteiger partial charge is 0.380 e. The third-order valence-electron chi connectivity index (χ3n) is 5.53. The quantitative estimate of drug-likeness (QED) is 0.815. The van der Waals surface area contributed by atoms with Gasteiger partial charge in [-0.05, 0) is 43.7 Å². The van der Waals surface area contributed by atoms with E-state index in [0.29, 0.717) is 16.9 Å².